The molecular formula is C16H17F2N5O2. The molecule has 0 radical (unpaired) electrons. The highest BCUT2D eigenvalue weighted by molar-refractivity contribution is 5.89. The SMILES string of the molecule is O=C(NCc1ccnc(N2CCOCC2)n1)Nc1ccc(F)c(F)c1. The number of nitrogens with zero attached hydrogens (tertiary/aromatic N) is 3. The summed E-state index contributed by atoms with van der Waals surface area (Å²) in [5, 5.41) is 5.04. The number of nitrogens with one attached hydrogen (secondary N) is 2. The monoisotopic (exact) mass is 349 g/mol. The number of benzene rings is 1. The maximum atomic E-state index is 13.1. The van der Waals surface area contributed by atoms with Gasteiger partial charge in [0, 0.05) is 31.0 Å². The van der Waals surface area contributed by atoms with Crippen LogP contribution in [0.2, 0.25) is 0 Å². The quantitative estimate of drug-likeness (QED) is 0.882. The molecule has 1 aliphatic rings. The van der Waals surface area contributed by atoms with Crippen molar-refractivity contribution in [2.45, 2.75) is 6.54 Å². The Morgan fingerprint density at radius 3 is 2.76 bits per heavy atom. The van der Waals surface area contributed by atoms with Crippen molar-refractivity contribution in [3.63, 3.8) is 0 Å². The lowest BCUT2D eigenvalue weighted by Gasteiger charge is -2.26. The second-order valence-corrected chi connectivity index (χ2v) is 5.38. The third-order valence-electron chi connectivity index (χ3n) is 3.60. The summed E-state index contributed by atoms with van der Waals surface area (Å²) in [5.41, 5.74) is 0.796. The largest absolute Gasteiger partial charge is 0.378 e. The lowest BCUT2D eigenvalue weighted by molar-refractivity contribution is 0.122. The van der Waals surface area contributed by atoms with E-state index < -0.39 is 17.7 Å². The number of morpholine rings is 1. The first-order chi connectivity index (χ1) is 12.1. The average Bonchev–Trinajstić information content (AvgIpc) is 2.64. The van der Waals surface area contributed by atoms with E-state index in [1.54, 1.807) is 12.3 Å². The van der Waals surface area contributed by atoms with Gasteiger partial charge in [-0.15, -0.1) is 0 Å². The molecule has 1 aromatic carbocycles. The minimum Gasteiger partial charge on any atom is -0.378 e. The molecule has 1 saturated heterocycles. The van der Waals surface area contributed by atoms with E-state index in [1.807, 2.05) is 4.90 Å². The van der Waals surface area contributed by atoms with Crippen LogP contribution in [-0.2, 0) is 11.3 Å². The fraction of sp³-hybridized carbons (Fsp3) is 0.312. The molecule has 132 valence electrons. The van der Waals surface area contributed by atoms with E-state index in [2.05, 4.69) is 20.6 Å². The van der Waals surface area contributed by atoms with Crippen molar-refractivity contribution in [2.24, 2.45) is 0 Å². The minimum atomic E-state index is -1.02. The van der Waals surface area contributed by atoms with Crippen LogP contribution in [0.25, 0.3) is 0 Å². The van der Waals surface area contributed by atoms with Gasteiger partial charge in [-0.3, -0.25) is 0 Å². The molecule has 0 saturated carbocycles. The number of ether oxygens (including phenoxy) is 1. The van der Waals surface area contributed by atoms with Gasteiger partial charge in [0.2, 0.25) is 5.95 Å². The van der Waals surface area contributed by atoms with E-state index in [-0.39, 0.29) is 12.2 Å². The smallest absolute Gasteiger partial charge is 0.319 e. The van der Waals surface area contributed by atoms with E-state index in [1.165, 1.54) is 6.07 Å². The van der Waals surface area contributed by atoms with Crippen molar-refractivity contribution in [1.82, 2.24) is 15.3 Å². The highest BCUT2D eigenvalue weighted by atomic mass is 19.2. The van der Waals surface area contributed by atoms with Gasteiger partial charge in [0.25, 0.3) is 0 Å². The van der Waals surface area contributed by atoms with Gasteiger partial charge < -0.3 is 20.3 Å². The summed E-state index contributed by atoms with van der Waals surface area (Å²) in [7, 11) is 0. The number of carbonyl (C=O) groups is 1. The Kier molecular flexibility index (Phi) is 5.34. The molecular weight excluding hydrogens is 332 g/mol. The molecule has 1 aliphatic heterocycles. The maximum Gasteiger partial charge on any atom is 0.319 e. The number of amides is 2. The molecule has 25 heavy (non-hydrogen) atoms. The molecule has 7 nitrogen and oxygen atoms in total. The third kappa shape index (κ3) is 4.60. The second-order valence-electron chi connectivity index (χ2n) is 5.38. The summed E-state index contributed by atoms with van der Waals surface area (Å²) in [5.74, 6) is -1.41. The van der Waals surface area contributed by atoms with Gasteiger partial charge in [0.05, 0.1) is 25.5 Å². The van der Waals surface area contributed by atoms with Crippen LogP contribution >= 0.6 is 0 Å². The summed E-state index contributed by atoms with van der Waals surface area (Å²) < 4.78 is 31.3. The molecule has 2 aromatic rings. The predicted octanol–water partition coefficient (Wildman–Crippen LogP) is 1.91. The normalized spacial score (nSPS) is 14.2. The molecule has 9 heteroatoms. The second kappa shape index (κ2) is 7.84. The molecule has 2 N–H and O–H groups in total. The standard InChI is InChI=1S/C16H17F2N5O2/c17-13-2-1-11(9-14(13)18)22-16(24)20-10-12-3-4-19-15(21-12)23-5-7-25-8-6-23/h1-4,9H,5-8,10H2,(H2,20,22,24). The molecule has 0 spiro atoms. The summed E-state index contributed by atoms with van der Waals surface area (Å²) in [6.45, 7) is 2.86. The predicted molar refractivity (Wildman–Crippen MR) is 87.3 cm³/mol. The number of anilines is 2. The first-order valence-electron chi connectivity index (χ1n) is 7.76. The van der Waals surface area contributed by atoms with E-state index in [0.29, 0.717) is 37.9 Å². The van der Waals surface area contributed by atoms with Crippen LogP contribution in [0.5, 0.6) is 0 Å². The summed E-state index contributed by atoms with van der Waals surface area (Å²) in [6, 6.07) is 4.29. The van der Waals surface area contributed by atoms with Crippen molar-refractivity contribution in [3.8, 4) is 0 Å². The molecule has 2 amide bonds. The Morgan fingerprint density at radius 1 is 1.20 bits per heavy atom. The first kappa shape index (κ1) is 17.0. The molecule has 1 aromatic heterocycles. The van der Waals surface area contributed by atoms with E-state index in [4.69, 9.17) is 4.74 Å². The fourth-order valence-electron chi connectivity index (χ4n) is 2.32. The van der Waals surface area contributed by atoms with E-state index in [9.17, 15) is 13.6 Å². The van der Waals surface area contributed by atoms with E-state index in [0.717, 1.165) is 12.1 Å². The zero-order chi connectivity index (χ0) is 17.6. The van der Waals surface area contributed by atoms with Crippen LogP contribution < -0.4 is 15.5 Å². The highest BCUT2D eigenvalue weighted by Gasteiger charge is 2.14. The van der Waals surface area contributed by atoms with Crippen molar-refractivity contribution in [1.29, 1.82) is 0 Å². The Morgan fingerprint density at radius 2 is 2.00 bits per heavy atom. The summed E-state index contributed by atoms with van der Waals surface area (Å²) >= 11 is 0. The highest BCUT2D eigenvalue weighted by Crippen LogP contribution is 2.13. The number of hydrogen-bond donors (Lipinski definition) is 2. The summed E-state index contributed by atoms with van der Waals surface area (Å²) in [4.78, 5) is 22.5. The number of rotatable bonds is 4. The van der Waals surface area contributed by atoms with Crippen molar-refractivity contribution in [2.75, 3.05) is 36.5 Å². The van der Waals surface area contributed by atoms with Gasteiger partial charge >= 0.3 is 6.03 Å². The van der Waals surface area contributed by atoms with Crippen LogP contribution in [0.1, 0.15) is 5.69 Å². The zero-order valence-corrected chi connectivity index (χ0v) is 13.3. The Hall–Kier alpha value is -2.81. The van der Waals surface area contributed by atoms with Crippen LogP contribution in [0.3, 0.4) is 0 Å². The Balaban J connectivity index is 1.55. The number of aromatic nitrogens is 2. The zero-order valence-electron chi connectivity index (χ0n) is 13.3. The molecule has 2 heterocycles. The van der Waals surface area contributed by atoms with Crippen molar-refractivity contribution >= 4 is 17.7 Å². The summed E-state index contributed by atoms with van der Waals surface area (Å²) in [6.07, 6.45) is 1.63. The van der Waals surface area contributed by atoms with E-state index >= 15 is 0 Å². The number of carbonyl (C=O) groups excluding carboxylic acids is 1. The van der Waals surface area contributed by atoms with Crippen LogP contribution in [-0.4, -0.2) is 42.3 Å². The van der Waals surface area contributed by atoms with Crippen LogP contribution in [0, 0.1) is 11.6 Å². The van der Waals surface area contributed by atoms with Gasteiger partial charge in [0.15, 0.2) is 11.6 Å². The fourth-order valence-corrected chi connectivity index (χ4v) is 2.32. The average molecular weight is 349 g/mol. The number of hydrogen-bond acceptors (Lipinski definition) is 5. The molecule has 0 bridgehead atoms. The molecule has 0 unspecified atom stereocenters. The number of halogens is 2. The Bertz CT molecular complexity index is 753. The van der Waals surface area contributed by atoms with Gasteiger partial charge in [0.1, 0.15) is 0 Å². The first-order valence-corrected chi connectivity index (χ1v) is 7.76. The molecule has 1 fully saturated rings. The lowest BCUT2D eigenvalue weighted by Crippen LogP contribution is -2.37. The third-order valence-corrected chi connectivity index (χ3v) is 3.60. The Labute approximate surface area is 143 Å². The van der Waals surface area contributed by atoms with Crippen LogP contribution in [0.15, 0.2) is 30.5 Å². The van der Waals surface area contributed by atoms with Gasteiger partial charge in [-0.05, 0) is 18.2 Å². The molecule has 0 aliphatic carbocycles. The topological polar surface area (TPSA) is 79.4 Å². The maximum absolute atomic E-state index is 13.1. The van der Waals surface area contributed by atoms with Crippen molar-refractivity contribution < 1.29 is 18.3 Å². The molecule has 3 rings (SSSR count). The number of urea groups is 1. The molecule has 0 atom stereocenters. The lowest BCUT2D eigenvalue weighted by atomic mass is 10.3. The van der Waals surface area contributed by atoms with Crippen molar-refractivity contribution in [3.05, 3.63) is 47.8 Å². The van der Waals surface area contributed by atoms with Gasteiger partial charge in [-0.2, -0.15) is 0 Å². The van der Waals surface area contributed by atoms with Gasteiger partial charge in [-0.1, -0.05) is 0 Å². The van der Waals surface area contributed by atoms with Gasteiger partial charge in [-0.25, -0.2) is 23.5 Å². The minimum absolute atomic E-state index is 0.160. The van der Waals surface area contributed by atoms with Crippen LogP contribution in [0.4, 0.5) is 25.2 Å².